The average Bonchev–Trinajstić information content (AvgIpc) is 3.51. The maximum Gasteiger partial charge on any atom is 0.416 e. The first kappa shape index (κ1) is 32.3. The Morgan fingerprint density at radius 3 is 1.26 bits per heavy atom. The summed E-state index contributed by atoms with van der Waals surface area (Å²) in [5.41, 5.74) is 6.42. The van der Waals surface area contributed by atoms with Gasteiger partial charge in [0.2, 0.25) is 0 Å². The van der Waals surface area contributed by atoms with Crippen LogP contribution in [0.25, 0.3) is 49.7 Å². The Morgan fingerprint density at radius 1 is 0.426 bits per heavy atom. The Kier molecular flexibility index (Phi) is 6.89. The van der Waals surface area contributed by atoms with Gasteiger partial charge in [0.15, 0.2) is 0 Å². The molecule has 10 rings (SSSR count). The largest absolute Gasteiger partial charge is 0.458 e. The van der Waals surface area contributed by atoms with E-state index in [9.17, 15) is 26.3 Å². The number of fused-ring (bicyclic) bond motifs is 7. The van der Waals surface area contributed by atoms with Gasteiger partial charge in [-0.25, -0.2) is 0 Å². The minimum atomic E-state index is -4.45. The van der Waals surface area contributed by atoms with Crippen molar-refractivity contribution in [1.29, 1.82) is 0 Å². The number of aromatic nitrogens is 1. The second kappa shape index (κ2) is 11.5. The number of benzene rings is 7. The number of ether oxygens (including phenoxy) is 2. The molecule has 0 saturated heterocycles. The summed E-state index contributed by atoms with van der Waals surface area (Å²) in [5, 5.41) is 2.16. The molecule has 0 bridgehead atoms. The standard InChI is InChI=1S/C44H24BF6NO2/c46-43(47,48)29-15-9-25(10-16-29)27-13-19-34-38(21-27)53-40-23-31(52-36-7-3-1-5-32(36)33-6-2-4-8-37(33)52)24-41-42(40)45(34)35-20-14-28(22-39(35)54-41)26-11-17-30(18-12-26)44(49,50)51/h1-24H. The molecule has 2 aliphatic rings. The Balaban J connectivity index is 1.15. The van der Waals surface area contributed by atoms with Gasteiger partial charge in [0, 0.05) is 28.4 Å². The van der Waals surface area contributed by atoms with Gasteiger partial charge in [0.25, 0.3) is 6.71 Å². The molecule has 0 aliphatic carbocycles. The summed E-state index contributed by atoms with van der Waals surface area (Å²) >= 11 is 0. The minimum Gasteiger partial charge on any atom is -0.458 e. The molecule has 3 heterocycles. The van der Waals surface area contributed by atoms with Crippen LogP contribution in [0.1, 0.15) is 11.1 Å². The average molecular weight is 723 g/mol. The third-order valence-electron chi connectivity index (χ3n) is 10.4. The molecule has 262 valence electrons. The van der Waals surface area contributed by atoms with E-state index in [-0.39, 0.29) is 6.71 Å². The van der Waals surface area contributed by atoms with Crippen LogP contribution in [0.15, 0.2) is 146 Å². The lowest BCUT2D eigenvalue weighted by atomic mass is 9.34. The number of alkyl halides is 6. The van der Waals surface area contributed by atoms with E-state index in [2.05, 4.69) is 28.8 Å². The first-order valence-corrected chi connectivity index (χ1v) is 17.2. The van der Waals surface area contributed by atoms with Gasteiger partial charge in [-0.1, -0.05) is 84.9 Å². The van der Waals surface area contributed by atoms with Crippen molar-refractivity contribution < 1.29 is 35.8 Å². The third kappa shape index (κ3) is 5.08. The Bertz CT molecular complexity index is 2620. The van der Waals surface area contributed by atoms with Crippen LogP contribution in [-0.4, -0.2) is 11.3 Å². The maximum atomic E-state index is 13.3. The van der Waals surface area contributed by atoms with Crippen molar-refractivity contribution in [3.8, 4) is 50.9 Å². The first-order valence-electron chi connectivity index (χ1n) is 17.2. The topological polar surface area (TPSA) is 23.4 Å². The summed E-state index contributed by atoms with van der Waals surface area (Å²) < 4.78 is 95.6. The lowest BCUT2D eigenvalue weighted by Gasteiger charge is -2.34. The number of para-hydroxylation sites is 2. The molecule has 8 aromatic rings. The third-order valence-corrected chi connectivity index (χ3v) is 10.4. The van der Waals surface area contributed by atoms with Crippen LogP contribution in [-0.2, 0) is 12.4 Å². The Morgan fingerprint density at radius 2 is 0.833 bits per heavy atom. The molecule has 2 aliphatic heterocycles. The van der Waals surface area contributed by atoms with E-state index in [4.69, 9.17) is 9.47 Å². The molecule has 10 heteroatoms. The first-order chi connectivity index (χ1) is 26.0. The van der Waals surface area contributed by atoms with E-state index in [1.54, 1.807) is 0 Å². The molecule has 54 heavy (non-hydrogen) atoms. The second-order valence-corrected chi connectivity index (χ2v) is 13.5. The van der Waals surface area contributed by atoms with Gasteiger partial charge in [-0.05, 0) is 81.7 Å². The zero-order valence-corrected chi connectivity index (χ0v) is 28.0. The van der Waals surface area contributed by atoms with Crippen molar-refractivity contribution >= 4 is 44.9 Å². The highest BCUT2D eigenvalue weighted by Crippen LogP contribution is 2.41. The summed E-state index contributed by atoms with van der Waals surface area (Å²) in [6.07, 6.45) is -8.90. The van der Waals surface area contributed by atoms with Gasteiger partial charge >= 0.3 is 12.4 Å². The number of halogens is 6. The number of rotatable bonds is 3. The lowest BCUT2D eigenvalue weighted by molar-refractivity contribution is -0.138. The molecule has 0 unspecified atom stereocenters. The van der Waals surface area contributed by atoms with Crippen molar-refractivity contribution in [2.75, 3.05) is 0 Å². The summed E-state index contributed by atoms with van der Waals surface area (Å²) in [7, 11) is 0. The lowest BCUT2D eigenvalue weighted by Crippen LogP contribution is -2.57. The fourth-order valence-corrected chi connectivity index (χ4v) is 7.87. The molecule has 7 aromatic carbocycles. The molecule has 0 fully saturated rings. The van der Waals surface area contributed by atoms with Crippen LogP contribution in [0, 0.1) is 0 Å². The van der Waals surface area contributed by atoms with E-state index < -0.39 is 23.5 Å². The van der Waals surface area contributed by atoms with E-state index in [0.717, 1.165) is 68.1 Å². The van der Waals surface area contributed by atoms with Crippen molar-refractivity contribution in [3.05, 3.63) is 157 Å². The van der Waals surface area contributed by atoms with E-state index in [0.29, 0.717) is 45.3 Å². The molecule has 0 radical (unpaired) electrons. The SMILES string of the molecule is FC(F)(F)c1ccc(-c2ccc3c(c2)Oc2cc(-n4c5ccccc5c5ccccc54)cc4c2B3c2ccc(-c3ccc(C(F)(F)F)cc3)cc2O4)cc1. The summed E-state index contributed by atoms with van der Waals surface area (Å²) in [6.45, 7) is -0.335. The van der Waals surface area contributed by atoms with Crippen molar-refractivity contribution in [2.45, 2.75) is 12.4 Å². The smallest absolute Gasteiger partial charge is 0.416 e. The van der Waals surface area contributed by atoms with Crippen LogP contribution in [0.2, 0.25) is 0 Å². The summed E-state index contributed by atoms with van der Waals surface area (Å²) in [5.74, 6) is 2.25. The summed E-state index contributed by atoms with van der Waals surface area (Å²) in [4.78, 5) is 0. The van der Waals surface area contributed by atoms with E-state index in [1.807, 2.05) is 72.8 Å². The van der Waals surface area contributed by atoms with Crippen molar-refractivity contribution in [3.63, 3.8) is 0 Å². The number of hydrogen-bond donors (Lipinski definition) is 0. The highest BCUT2D eigenvalue weighted by atomic mass is 19.4. The van der Waals surface area contributed by atoms with Gasteiger partial charge in [-0.2, -0.15) is 26.3 Å². The number of hydrogen-bond acceptors (Lipinski definition) is 2. The number of nitrogens with zero attached hydrogens (tertiary/aromatic N) is 1. The van der Waals surface area contributed by atoms with Crippen LogP contribution >= 0.6 is 0 Å². The quantitative estimate of drug-likeness (QED) is 0.134. The molecule has 0 amide bonds. The Hall–Kier alpha value is -6.42. The predicted octanol–water partition coefficient (Wildman–Crippen LogP) is 10.9. The van der Waals surface area contributed by atoms with Gasteiger partial charge in [-0.15, -0.1) is 0 Å². The van der Waals surface area contributed by atoms with Gasteiger partial charge in [0.05, 0.1) is 27.8 Å². The second-order valence-electron chi connectivity index (χ2n) is 13.5. The predicted molar refractivity (Wildman–Crippen MR) is 199 cm³/mol. The van der Waals surface area contributed by atoms with Crippen LogP contribution in [0.3, 0.4) is 0 Å². The zero-order valence-electron chi connectivity index (χ0n) is 28.0. The van der Waals surface area contributed by atoms with E-state index >= 15 is 0 Å². The van der Waals surface area contributed by atoms with Crippen LogP contribution < -0.4 is 25.9 Å². The van der Waals surface area contributed by atoms with Crippen molar-refractivity contribution in [2.24, 2.45) is 0 Å². The normalized spacial score (nSPS) is 13.3. The monoisotopic (exact) mass is 723 g/mol. The molecule has 0 saturated carbocycles. The van der Waals surface area contributed by atoms with Crippen molar-refractivity contribution in [1.82, 2.24) is 4.57 Å². The molecule has 0 N–H and O–H groups in total. The molecule has 1 aromatic heterocycles. The molecular weight excluding hydrogens is 699 g/mol. The van der Waals surface area contributed by atoms with Crippen LogP contribution in [0.4, 0.5) is 26.3 Å². The maximum absolute atomic E-state index is 13.3. The fourth-order valence-electron chi connectivity index (χ4n) is 7.87. The zero-order chi connectivity index (χ0) is 36.9. The molecule has 3 nitrogen and oxygen atoms in total. The Labute approximate surface area is 304 Å². The van der Waals surface area contributed by atoms with Gasteiger partial charge in [0.1, 0.15) is 23.0 Å². The fraction of sp³-hybridized carbons (Fsp3) is 0.0455. The van der Waals surface area contributed by atoms with Crippen LogP contribution in [0.5, 0.6) is 23.0 Å². The minimum absolute atomic E-state index is 0.335. The van der Waals surface area contributed by atoms with E-state index in [1.165, 1.54) is 24.3 Å². The highest BCUT2D eigenvalue weighted by molar-refractivity contribution is 6.98. The van der Waals surface area contributed by atoms with Gasteiger partial charge < -0.3 is 14.0 Å². The molecule has 0 spiro atoms. The highest BCUT2D eigenvalue weighted by Gasteiger charge is 2.41. The summed E-state index contributed by atoms with van der Waals surface area (Å²) in [6, 6.07) is 41.6. The molecule has 0 atom stereocenters. The molecular formula is C44H24BF6NO2. The van der Waals surface area contributed by atoms with Gasteiger partial charge in [-0.3, -0.25) is 0 Å².